The molecule has 1 N–H and O–H groups in total. The average molecular weight is 390 g/mol. The number of rotatable bonds is 8. The van der Waals surface area contributed by atoms with Gasteiger partial charge in [-0.05, 0) is 75.9 Å². The van der Waals surface area contributed by atoms with Gasteiger partial charge in [-0.25, -0.2) is 4.39 Å². The molecule has 2 aliphatic rings. The first-order valence-electron chi connectivity index (χ1n) is 11.1. The summed E-state index contributed by atoms with van der Waals surface area (Å²) in [4.78, 5) is 17.5. The van der Waals surface area contributed by atoms with Crippen LogP contribution in [-0.2, 0) is 11.3 Å². The van der Waals surface area contributed by atoms with Gasteiger partial charge in [0.2, 0.25) is 5.91 Å². The van der Waals surface area contributed by atoms with Crippen molar-refractivity contribution in [3.8, 4) is 0 Å². The van der Waals surface area contributed by atoms with Crippen LogP contribution in [0.5, 0.6) is 0 Å². The molecule has 2 heterocycles. The lowest BCUT2D eigenvalue weighted by Gasteiger charge is -2.35. The number of hydrogen-bond donors (Lipinski definition) is 1. The largest absolute Gasteiger partial charge is 0.356 e. The number of nitrogens with zero attached hydrogens (tertiary/aromatic N) is 2. The van der Waals surface area contributed by atoms with Crippen molar-refractivity contribution >= 4 is 5.91 Å². The van der Waals surface area contributed by atoms with E-state index in [0.717, 1.165) is 63.6 Å². The summed E-state index contributed by atoms with van der Waals surface area (Å²) < 4.78 is 13.0. The molecule has 0 radical (unpaired) electrons. The summed E-state index contributed by atoms with van der Waals surface area (Å²) in [5, 5.41) is 3.17. The smallest absolute Gasteiger partial charge is 0.223 e. The summed E-state index contributed by atoms with van der Waals surface area (Å²) in [6.07, 6.45) is 8.13. The highest BCUT2D eigenvalue weighted by Gasteiger charge is 2.25. The molecule has 4 nitrogen and oxygen atoms in total. The van der Waals surface area contributed by atoms with Crippen LogP contribution in [0.4, 0.5) is 4.39 Å². The molecule has 0 spiro atoms. The Balaban J connectivity index is 1.31. The zero-order chi connectivity index (χ0) is 19.8. The van der Waals surface area contributed by atoms with Gasteiger partial charge in [0.1, 0.15) is 5.82 Å². The molecule has 0 aromatic heterocycles. The standard InChI is InChI=1S/C23H36FN3O/c1-2-22-6-3-4-14-27(22)15-5-13-25-23(28)20-11-16-26(17-12-20)18-19-7-9-21(24)10-8-19/h7-10,20,22H,2-6,11-18H2,1H3,(H,25,28)/t22-/m1/s1. The second kappa shape index (κ2) is 10.9. The highest BCUT2D eigenvalue weighted by molar-refractivity contribution is 5.78. The third-order valence-corrected chi connectivity index (χ3v) is 6.42. The number of hydrogen-bond acceptors (Lipinski definition) is 3. The molecular weight excluding hydrogens is 353 g/mol. The van der Waals surface area contributed by atoms with Crippen LogP contribution in [0.1, 0.15) is 57.4 Å². The van der Waals surface area contributed by atoms with Gasteiger partial charge in [0.15, 0.2) is 0 Å². The Hall–Kier alpha value is -1.46. The van der Waals surface area contributed by atoms with Gasteiger partial charge in [0.25, 0.3) is 0 Å². The topological polar surface area (TPSA) is 35.6 Å². The summed E-state index contributed by atoms with van der Waals surface area (Å²) in [5.74, 6) is 0.180. The summed E-state index contributed by atoms with van der Waals surface area (Å²) in [6, 6.07) is 7.47. The fourth-order valence-corrected chi connectivity index (χ4v) is 4.66. The predicted octanol–water partition coefficient (Wildman–Crippen LogP) is 3.81. The minimum Gasteiger partial charge on any atom is -0.356 e. The normalized spacial score (nSPS) is 22.3. The second-order valence-corrected chi connectivity index (χ2v) is 8.42. The van der Waals surface area contributed by atoms with Gasteiger partial charge < -0.3 is 10.2 Å². The van der Waals surface area contributed by atoms with E-state index in [4.69, 9.17) is 0 Å². The number of amides is 1. The number of halogens is 1. The summed E-state index contributed by atoms with van der Waals surface area (Å²) in [7, 11) is 0. The van der Waals surface area contributed by atoms with Crippen molar-refractivity contribution in [2.24, 2.45) is 5.92 Å². The molecule has 0 unspecified atom stereocenters. The molecule has 1 amide bonds. The monoisotopic (exact) mass is 389 g/mol. The first-order valence-corrected chi connectivity index (χ1v) is 11.1. The SMILES string of the molecule is CC[C@@H]1CCCCN1CCCNC(=O)C1CCN(Cc2ccc(F)cc2)CC1. The molecule has 2 fully saturated rings. The van der Waals surface area contributed by atoms with E-state index in [2.05, 4.69) is 22.0 Å². The highest BCUT2D eigenvalue weighted by Crippen LogP contribution is 2.20. The lowest BCUT2D eigenvalue weighted by molar-refractivity contribution is -0.126. The van der Waals surface area contributed by atoms with Crippen molar-refractivity contribution in [2.75, 3.05) is 32.7 Å². The van der Waals surface area contributed by atoms with Gasteiger partial charge in [0, 0.05) is 31.6 Å². The molecule has 1 aromatic carbocycles. The van der Waals surface area contributed by atoms with Crippen molar-refractivity contribution < 1.29 is 9.18 Å². The highest BCUT2D eigenvalue weighted by atomic mass is 19.1. The fourth-order valence-electron chi connectivity index (χ4n) is 4.66. The van der Waals surface area contributed by atoms with Gasteiger partial charge in [-0.15, -0.1) is 0 Å². The van der Waals surface area contributed by atoms with E-state index < -0.39 is 0 Å². The summed E-state index contributed by atoms with van der Waals surface area (Å²) in [5.41, 5.74) is 1.13. The zero-order valence-electron chi connectivity index (χ0n) is 17.3. The molecule has 1 atom stereocenters. The third kappa shape index (κ3) is 6.28. The number of carbonyl (C=O) groups is 1. The number of carbonyl (C=O) groups excluding carboxylic acids is 1. The molecule has 28 heavy (non-hydrogen) atoms. The van der Waals surface area contributed by atoms with Gasteiger partial charge in [-0.2, -0.15) is 0 Å². The maximum Gasteiger partial charge on any atom is 0.223 e. The second-order valence-electron chi connectivity index (χ2n) is 8.42. The van der Waals surface area contributed by atoms with E-state index >= 15 is 0 Å². The van der Waals surface area contributed by atoms with E-state index in [1.54, 1.807) is 0 Å². The minimum atomic E-state index is -0.190. The van der Waals surface area contributed by atoms with E-state index in [1.165, 1.54) is 44.4 Å². The molecule has 2 aliphatic heterocycles. The van der Waals surface area contributed by atoms with Crippen LogP contribution in [0.15, 0.2) is 24.3 Å². The number of likely N-dealkylation sites (tertiary alicyclic amines) is 2. The first-order chi connectivity index (χ1) is 13.7. The van der Waals surface area contributed by atoms with E-state index in [1.807, 2.05) is 12.1 Å². The Labute approximate surface area is 169 Å². The van der Waals surface area contributed by atoms with Crippen LogP contribution in [0.2, 0.25) is 0 Å². The fraction of sp³-hybridized carbons (Fsp3) is 0.696. The molecule has 3 rings (SSSR count). The number of nitrogens with one attached hydrogen (secondary N) is 1. The number of benzene rings is 1. The molecule has 1 aromatic rings. The Bertz CT molecular complexity index is 598. The van der Waals surface area contributed by atoms with Crippen LogP contribution in [0.3, 0.4) is 0 Å². The lowest BCUT2D eigenvalue weighted by atomic mass is 9.95. The van der Waals surface area contributed by atoms with Crippen LogP contribution < -0.4 is 5.32 Å². The molecule has 156 valence electrons. The quantitative estimate of drug-likeness (QED) is 0.687. The van der Waals surface area contributed by atoms with Crippen LogP contribution in [0.25, 0.3) is 0 Å². The molecule has 0 saturated carbocycles. The van der Waals surface area contributed by atoms with Gasteiger partial charge in [-0.1, -0.05) is 25.5 Å². The van der Waals surface area contributed by atoms with Gasteiger partial charge in [0.05, 0.1) is 0 Å². The molecule has 0 bridgehead atoms. The Morgan fingerprint density at radius 2 is 1.86 bits per heavy atom. The Kier molecular flexibility index (Phi) is 8.28. The Morgan fingerprint density at radius 3 is 2.57 bits per heavy atom. The van der Waals surface area contributed by atoms with Crippen molar-refractivity contribution in [3.63, 3.8) is 0 Å². The van der Waals surface area contributed by atoms with E-state index in [-0.39, 0.29) is 17.6 Å². The first kappa shape index (κ1) is 21.3. The predicted molar refractivity (Wildman–Crippen MR) is 112 cm³/mol. The van der Waals surface area contributed by atoms with Crippen molar-refractivity contribution in [1.82, 2.24) is 15.1 Å². The lowest BCUT2D eigenvalue weighted by Crippen LogP contribution is -2.42. The maximum atomic E-state index is 13.0. The summed E-state index contributed by atoms with van der Waals surface area (Å²) >= 11 is 0. The van der Waals surface area contributed by atoms with Crippen molar-refractivity contribution in [2.45, 2.75) is 64.5 Å². The molecule has 2 saturated heterocycles. The van der Waals surface area contributed by atoms with E-state index in [0.29, 0.717) is 0 Å². The van der Waals surface area contributed by atoms with Crippen molar-refractivity contribution in [3.05, 3.63) is 35.6 Å². The minimum absolute atomic E-state index is 0.142. The maximum absolute atomic E-state index is 13.0. The van der Waals surface area contributed by atoms with Crippen LogP contribution in [-0.4, -0.2) is 54.5 Å². The zero-order valence-corrected chi connectivity index (χ0v) is 17.3. The van der Waals surface area contributed by atoms with Gasteiger partial charge >= 0.3 is 0 Å². The molecule has 0 aliphatic carbocycles. The van der Waals surface area contributed by atoms with E-state index in [9.17, 15) is 9.18 Å². The Morgan fingerprint density at radius 1 is 1.11 bits per heavy atom. The number of piperidine rings is 2. The van der Waals surface area contributed by atoms with Gasteiger partial charge in [-0.3, -0.25) is 9.69 Å². The third-order valence-electron chi connectivity index (χ3n) is 6.42. The molecular formula is C23H36FN3O. The average Bonchev–Trinajstić information content (AvgIpc) is 2.73. The van der Waals surface area contributed by atoms with Crippen molar-refractivity contribution in [1.29, 1.82) is 0 Å². The summed E-state index contributed by atoms with van der Waals surface area (Å²) in [6.45, 7) is 8.11. The molecule has 5 heteroatoms. The van der Waals surface area contributed by atoms with Crippen LogP contribution >= 0.6 is 0 Å². The van der Waals surface area contributed by atoms with Crippen LogP contribution in [0, 0.1) is 11.7 Å².